The molecule has 0 bridgehead atoms. The molecule has 0 aliphatic carbocycles. The van der Waals surface area contributed by atoms with Crippen molar-refractivity contribution in [2.24, 2.45) is 0 Å². The smallest absolute Gasteiger partial charge is 0.190 e. The van der Waals surface area contributed by atoms with Crippen LogP contribution in [0.2, 0.25) is 0 Å². The highest BCUT2D eigenvalue weighted by Crippen LogP contribution is 2.34. The van der Waals surface area contributed by atoms with Crippen LogP contribution in [0.1, 0.15) is 18.1 Å². The minimum absolute atomic E-state index is 0.432. The van der Waals surface area contributed by atoms with Crippen molar-refractivity contribution in [3.8, 4) is 0 Å². The summed E-state index contributed by atoms with van der Waals surface area (Å²) in [6, 6.07) is 9.88. The first-order valence-corrected chi connectivity index (χ1v) is 7.45. The number of fused-ring (bicyclic) bond motifs is 1. The SMILES string of the molecule is CCN(c1ncc(C(O)O)s1)c1ccnc2ccccc12. The van der Waals surface area contributed by atoms with E-state index in [0.29, 0.717) is 4.88 Å². The third-order valence-corrected chi connectivity index (χ3v) is 4.29. The van der Waals surface area contributed by atoms with Crippen LogP contribution in [0.15, 0.2) is 42.7 Å². The maximum atomic E-state index is 9.23. The Hall–Kier alpha value is -2.02. The average Bonchev–Trinajstić information content (AvgIpc) is 2.98. The lowest BCUT2D eigenvalue weighted by Gasteiger charge is -2.21. The molecule has 1 aromatic carbocycles. The van der Waals surface area contributed by atoms with Crippen molar-refractivity contribution >= 4 is 33.1 Å². The molecule has 2 N–H and O–H groups in total. The monoisotopic (exact) mass is 301 g/mol. The number of aliphatic hydroxyl groups excluding tert-OH is 1. The normalized spacial score (nSPS) is 11.2. The Bertz CT molecular complexity index is 752. The topological polar surface area (TPSA) is 69.5 Å². The van der Waals surface area contributed by atoms with E-state index in [9.17, 15) is 10.2 Å². The van der Waals surface area contributed by atoms with Crippen LogP contribution in [0.5, 0.6) is 0 Å². The number of para-hydroxylation sites is 1. The van der Waals surface area contributed by atoms with Crippen LogP contribution < -0.4 is 4.90 Å². The number of hydrogen-bond acceptors (Lipinski definition) is 6. The summed E-state index contributed by atoms with van der Waals surface area (Å²) in [7, 11) is 0. The van der Waals surface area contributed by atoms with Gasteiger partial charge in [0.15, 0.2) is 11.4 Å². The molecule has 2 aromatic heterocycles. The lowest BCUT2D eigenvalue weighted by atomic mass is 10.2. The predicted octanol–water partition coefficient (Wildman–Crippen LogP) is 2.83. The lowest BCUT2D eigenvalue weighted by Crippen LogP contribution is -2.16. The Balaban J connectivity index is 2.09. The van der Waals surface area contributed by atoms with Crippen LogP contribution in [-0.4, -0.2) is 26.7 Å². The maximum absolute atomic E-state index is 9.23. The molecule has 0 radical (unpaired) electrons. The molecule has 21 heavy (non-hydrogen) atoms. The molecule has 3 aromatic rings. The third-order valence-electron chi connectivity index (χ3n) is 3.23. The molecule has 108 valence electrons. The number of pyridine rings is 1. The van der Waals surface area contributed by atoms with Crippen molar-refractivity contribution in [3.63, 3.8) is 0 Å². The molecule has 2 heterocycles. The average molecular weight is 301 g/mol. The number of aromatic nitrogens is 2. The summed E-state index contributed by atoms with van der Waals surface area (Å²) in [5.74, 6) is 0. The fourth-order valence-corrected chi connectivity index (χ4v) is 3.11. The molecule has 5 nitrogen and oxygen atoms in total. The Labute approximate surface area is 126 Å². The van der Waals surface area contributed by atoms with Gasteiger partial charge in [-0.05, 0) is 19.1 Å². The van der Waals surface area contributed by atoms with E-state index in [2.05, 4.69) is 9.97 Å². The van der Waals surface area contributed by atoms with Crippen LogP contribution >= 0.6 is 11.3 Å². The van der Waals surface area contributed by atoms with Gasteiger partial charge in [-0.3, -0.25) is 4.98 Å². The van der Waals surface area contributed by atoms with Gasteiger partial charge in [0.05, 0.1) is 16.1 Å². The zero-order valence-corrected chi connectivity index (χ0v) is 12.3. The van der Waals surface area contributed by atoms with E-state index in [4.69, 9.17) is 0 Å². The standard InChI is InChI=1S/C15H15N3O2S/c1-2-18(15-17-9-13(21-15)14(19)20)12-7-8-16-11-6-4-3-5-10(11)12/h3-9,14,19-20H,2H2,1H3. The van der Waals surface area contributed by atoms with Crippen molar-refractivity contribution in [1.29, 1.82) is 0 Å². The van der Waals surface area contributed by atoms with E-state index in [1.807, 2.05) is 42.2 Å². The van der Waals surface area contributed by atoms with Crippen molar-refractivity contribution in [2.45, 2.75) is 13.2 Å². The summed E-state index contributed by atoms with van der Waals surface area (Å²) in [4.78, 5) is 11.1. The molecule has 0 atom stereocenters. The van der Waals surface area contributed by atoms with Gasteiger partial charge in [0.25, 0.3) is 0 Å². The number of anilines is 2. The summed E-state index contributed by atoms with van der Waals surface area (Å²) < 4.78 is 0. The molecule has 0 saturated carbocycles. The highest BCUT2D eigenvalue weighted by atomic mass is 32.1. The predicted molar refractivity (Wildman–Crippen MR) is 83.7 cm³/mol. The summed E-state index contributed by atoms with van der Waals surface area (Å²) in [5, 5.41) is 20.2. The number of thiazole rings is 1. The summed E-state index contributed by atoms with van der Waals surface area (Å²) in [6.07, 6.45) is 1.79. The van der Waals surface area contributed by atoms with Gasteiger partial charge in [0.2, 0.25) is 0 Å². The zero-order valence-electron chi connectivity index (χ0n) is 11.5. The molecule has 0 aliphatic rings. The molecule has 0 amide bonds. The first kappa shape index (κ1) is 13.9. The zero-order chi connectivity index (χ0) is 14.8. The van der Waals surface area contributed by atoms with Gasteiger partial charge >= 0.3 is 0 Å². The van der Waals surface area contributed by atoms with Crippen molar-refractivity contribution in [3.05, 3.63) is 47.6 Å². The highest BCUT2D eigenvalue weighted by molar-refractivity contribution is 7.15. The quantitative estimate of drug-likeness (QED) is 0.725. The second-order valence-corrected chi connectivity index (χ2v) is 5.55. The van der Waals surface area contributed by atoms with Gasteiger partial charge in [0.1, 0.15) is 0 Å². The first-order chi connectivity index (χ1) is 10.2. The lowest BCUT2D eigenvalue weighted by molar-refractivity contribution is -0.0396. The second-order valence-electron chi connectivity index (χ2n) is 4.51. The van der Waals surface area contributed by atoms with Gasteiger partial charge in [-0.1, -0.05) is 29.5 Å². The van der Waals surface area contributed by atoms with E-state index < -0.39 is 6.29 Å². The van der Waals surface area contributed by atoms with Gasteiger partial charge in [-0.15, -0.1) is 0 Å². The van der Waals surface area contributed by atoms with Gasteiger partial charge in [0, 0.05) is 24.3 Å². The third kappa shape index (κ3) is 2.61. The van der Waals surface area contributed by atoms with E-state index >= 15 is 0 Å². The Morgan fingerprint density at radius 2 is 2.00 bits per heavy atom. The molecule has 6 heteroatoms. The fourth-order valence-electron chi connectivity index (χ4n) is 2.25. The maximum Gasteiger partial charge on any atom is 0.190 e. The van der Waals surface area contributed by atoms with Crippen molar-refractivity contribution in [1.82, 2.24) is 9.97 Å². The second kappa shape index (κ2) is 5.77. The Morgan fingerprint density at radius 3 is 2.71 bits per heavy atom. The fraction of sp³-hybridized carbons (Fsp3) is 0.200. The number of hydrogen-bond donors (Lipinski definition) is 2. The summed E-state index contributed by atoms with van der Waals surface area (Å²) in [5.41, 5.74) is 1.93. The van der Waals surface area contributed by atoms with Crippen molar-refractivity contribution in [2.75, 3.05) is 11.4 Å². The number of benzene rings is 1. The largest absolute Gasteiger partial charge is 0.364 e. The number of rotatable bonds is 4. The Morgan fingerprint density at radius 1 is 1.19 bits per heavy atom. The molecule has 0 unspecified atom stereocenters. The van der Waals surface area contributed by atoms with Crippen LogP contribution in [0.4, 0.5) is 10.8 Å². The number of aliphatic hydroxyl groups is 2. The van der Waals surface area contributed by atoms with Crippen LogP contribution in [0, 0.1) is 0 Å². The van der Waals surface area contributed by atoms with Gasteiger partial charge in [-0.2, -0.15) is 0 Å². The molecule has 0 spiro atoms. The van der Waals surface area contributed by atoms with Crippen molar-refractivity contribution < 1.29 is 10.2 Å². The summed E-state index contributed by atoms with van der Waals surface area (Å²) >= 11 is 1.27. The first-order valence-electron chi connectivity index (χ1n) is 6.64. The molecule has 0 fully saturated rings. The summed E-state index contributed by atoms with van der Waals surface area (Å²) in [6.45, 7) is 2.76. The Kier molecular flexibility index (Phi) is 3.83. The highest BCUT2D eigenvalue weighted by Gasteiger charge is 2.16. The minimum atomic E-state index is -1.48. The molecular formula is C15H15N3O2S. The van der Waals surface area contributed by atoms with Crippen LogP contribution in [0.25, 0.3) is 10.9 Å². The molecule has 0 saturated heterocycles. The van der Waals surface area contributed by atoms with E-state index in [-0.39, 0.29) is 0 Å². The van der Waals surface area contributed by atoms with Gasteiger partial charge < -0.3 is 15.1 Å². The molecular weight excluding hydrogens is 286 g/mol. The number of nitrogens with zero attached hydrogens (tertiary/aromatic N) is 3. The van der Waals surface area contributed by atoms with E-state index in [1.165, 1.54) is 17.5 Å². The van der Waals surface area contributed by atoms with E-state index in [0.717, 1.165) is 28.3 Å². The van der Waals surface area contributed by atoms with Gasteiger partial charge in [-0.25, -0.2) is 4.98 Å². The van der Waals surface area contributed by atoms with E-state index in [1.54, 1.807) is 6.20 Å². The minimum Gasteiger partial charge on any atom is -0.364 e. The van der Waals surface area contributed by atoms with Crippen LogP contribution in [-0.2, 0) is 0 Å². The molecule has 3 rings (SSSR count). The molecule has 0 aliphatic heterocycles. The van der Waals surface area contributed by atoms with Crippen LogP contribution in [0.3, 0.4) is 0 Å².